The Balaban J connectivity index is 1.41. The van der Waals surface area contributed by atoms with Crippen molar-refractivity contribution in [2.75, 3.05) is 0 Å². The fourth-order valence-corrected chi connectivity index (χ4v) is 13.1. The van der Waals surface area contributed by atoms with Gasteiger partial charge >= 0.3 is 5.79 Å². The number of allylic oxidation sites excluding steroid dienone is 4. The normalized spacial score (nSPS) is 18.5. The second kappa shape index (κ2) is 18.0. The first-order chi connectivity index (χ1) is 37.6. The lowest BCUT2D eigenvalue weighted by atomic mass is 9.78. The number of nitrogens with zero attached hydrogens (tertiary/aromatic N) is 3. The molecule has 4 heteroatoms. The predicted octanol–water partition coefficient (Wildman–Crippen LogP) is 17.5. The summed E-state index contributed by atoms with van der Waals surface area (Å²) in [6.07, 6.45) is 9.84. The molecule has 0 saturated heterocycles. The molecule has 11 rings (SSSR count). The Morgan fingerprint density at radius 2 is 0.537 bits per heavy atom. The zero-order valence-electron chi connectivity index (χ0n) is 54.9. The van der Waals surface area contributed by atoms with Gasteiger partial charge in [0.15, 0.2) is 0 Å². The highest BCUT2D eigenvalue weighted by molar-refractivity contribution is 6.29. The fourth-order valence-electron chi connectivity index (χ4n) is 13.1. The number of fused-ring (bicyclic) bond motifs is 2. The van der Waals surface area contributed by atoms with E-state index in [1.807, 2.05) is 0 Å². The summed E-state index contributed by atoms with van der Waals surface area (Å²) in [6, 6.07) is 39.6. The van der Waals surface area contributed by atoms with Crippen LogP contribution < -0.4 is 10.7 Å². The summed E-state index contributed by atoms with van der Waals surface area (Å²) in [5.74, 6) is -0.843. The van der Waals surface area contributed by atoms with E-state index in [0.29, 0.717) is 0 Å². The van der Waals surface area contributed by atoms with Crippen LogP contribution in [-0.2, 0) is 49.1 Å². The van der Waals surface area contributed by atoms with E-state index in [4.69, 9.17) is 0 Å². The van der Waals surface area contributed by atoms with Gasteiger partial charge in [-0.3, -0.25) is 0 Å². The van der Waals surface area contributed by atoms with E-state index in [2.05, 4.69) is 313 Å². The Morgan fingerprint density at radius 1 is 0.305 bits per heavy atom. The largest absolute Gasteiger partial charge is 0.451 e. The molecule has 4 aromatic carbocycles. The van der Waals surface area contributed by atoms with Crippen LogP contribution in [0, 0.1) is 0 Å². The first-order valence-electron chi connectivity index (χ1n) is 30.6. The third-order valence-corrected chi connectivity index (χ3v) is 18.5. The molecule has 6 aromatic rings. The molecule has 0 spiro atoms. The molecular weight excluding hydrogens is 993 g/mol. The topological polar surface area (TPSA) is 26.7 Å². The van der Waals surface area contributed by atoms with Gasteiger partial charge < -0.3 is 4.98 Å². The molecule has 2 aromatic heterocycles. The molecule has 7 heterocycles. The number of aromatic nitrogens is 2. The molecular formula is C78H96N4+2. The first-order valence-corrected chi connectivity index (χ1v) is 30.6. The van der Waals surface area contributed by atoms with Crippen LogP contribution in [0.3, 0.4) is 0 Å². The van der Waals surface area contributed by atoms with Gasteiger partial charge in [0.2, 0.25) is 22.8 Å². The van der Waals surface area contributed by atoms with Crippen molar-refractivity contribution >= 4 is 33.7 Å². The lowest BCUT2D eigenvalue weighted by Crippen LogP contribution is -2.57. The van der Waals surface area contributed by atoms with E-state index in [9.17, 15) is 0 Å². The summed E-state index contributed by atoms with van der Waals surface area (Å²) >= 11 is 0. The summed E-state index contributed by atoms with van der Waals surface area (Å²) < 4.78 is 8.29. The van der Waals surface area contributed by atoms with Crippen molar-refractivity contribution < 1.29 is 9.15 Å². The molecule has 0 saturated carbocycles. The van der Waals surface area contributed by atoms with Crippen LogP contribution in [0.25, 0.3) is 22.3 Å². The third kappa shape index (κ3) is 9.32. The summed E-state index contributed by atoms with van der Waals surface area (Å²) in [7, 11) is 0. The van der Waals surface area contributed by atoms with Crippen molar-refractivity contribution in [1.82, 2.24) is 9.55 Å². The molecule has 82 heavy (non-hydrogen) atoms. The predicted molar refractivity (Wildman–Crippen MR) is 349 cm³/mol. The average Bonchev–Trinajstić information content (AvgIpc) is 1.48. The zero-order valence-corrected chi connectivity index (χ0v) is 54.9. The van der Waals surface area contributed by atoms with Gasteiger partial charge in [-0.1, -0.05) is 239 Å². The molecule has 0 radical (unpaired) electrons. The number of hydrogen-bond acceptors (Lipinski definition) is 0. The lowest BCUT2D eigenvalue weighted by molar-refractivity contribution is -0.818. The molecule has 0 fully saturated rings. The number of aromatic amines is 1. The second-order valence-electron chi connectivity index (χ2n) is 33.3. The van der Waals surface area contributed by atoms with E-state index in [1.165, 1.54) is 123 Å². The second-order valence-corrected chi connectivity index (χ2v) is 33.3. The minimum Gasteiger partial charge on any atom is -0.354 e. The van der Waals surface area contributed by atoms with Crippen LogP contribution in [0.4, 0.5) is 0 Å². The molecule has 5 aliphatic rings. The lowest BCUT2D eigenvalue weighted by Gasteiger charge is -2.37. The van der Waals surface area contributed by atoms with E-state index in [-0.39, 0.29) is 43.3 Å². The summed E-state index contributed by atoms with van der Waals surface area (Å²) in [6.45, 7) is 59.3. The van der Waals surface area contributed by atoms with E-state index in [1.54, 1.807) is 0 Å². The minimum absolute atomic E-state index is 0.0836. The van der Waals surface area contributed by atoms with Crippen molar-refractivity contribution in [1.29, 1.82) is 0 Å². The Hall–Kier alpha value is -6.52. The minimum atomic E-state index is -0.843. The third-order valence-electron chi connectivity index (χ3n) is 18.5. The monoisotopic (exact) mass is 1090 g/mol. The highest BCUT2D eigenvalue weighted by atomic mass is 15.5. The van der Waals surface area contributed by atoms with Crippen LogP contribution in [0.5, 0.6) is 0 Å². The molecule has 4 nitrogen and oxygen atoms in total. The summed E-state index contributed by atoms with van der Waals surface area (Å²) in [5.41, 5.74) is 27.0. The number of benzene rings is 4. The van der Waals surface area contributed by atoms with Gasteiger partial charge in [0.05, 0.1) is 51.3 Å². The van der Waals surface area contributed by atoms with Gasteiger partial charge in [0.1, 0.15) is 0 Å². The van der Waals surface area contributed by atoms with E-state index >= 15 is 0 Å². The van der Waals surface area contributed by atoms with Gasteiger partial charge in [0.25, 0.3) is 0 Å². The number of nitrogens with one attached hydrogen (secondary N) is 1. The highest BCUT2D eigenvalue weighted by Crippen LogP contribution is 2.53. The first kappa shape index (κ1) is 57.3. The quantitative estimate of drug-likeness (QED) is 0.170. The van der Waals surface area contributed by atoms with Crippen molar-refractivity contribution in [2.24, 2.45) is 0 Å². The maximum atomic E-state index is 4.27. The van der Waals surface area contributed by atoms with Gasteiger partial charge in [-0.05, 0) is 134 Å². The molecule has 426 valence electrons. The van der Waals surface area contributed by atoms with Crippen molar-refractivity contribution in [3.63, 3.8) is 0 Å². The fraction of sp³-hybridized carbons (Fsp3) is 0.436. The van der Waals surface area contributed by atoms with Crippen LogP contribution in [0.1, 0.15) is 251 Å². The van der Waals surface area contributed by atoms with Gasteiger partial charge in [-0.15, -0.1) is 9.15 Å². The Morgan fingerprint density at radius 3 is 0.768 bits per heavy atom. The van der Waals surface area contributed by atoms with Gasteiger partial charge in [-0.25, -0.2) is 4.57 Å². The zero-order chi connectivity index (χ0) is 59.9. The molecule has 0 amide bonds. The van der Waals surface area contributed by atoms with Crippen LogP contribution in [0.15, 0.2) is 133 Å². The van der Waals surface area contributed by atoms with Crippen molar-refractivity contribution in [3.05, 3.63) is 222 Å². The maximum absolute atomic E-state index is 4.27. The van der Waals surface area contributed by atoms with E-state index < -0.39 is 5.79 Å². The van der Waals surface area contributed by atoms with Crippen LogP contribution in [0.2, 0.25) is 0 Å². The van der Waals surface area contributed by atoms with Crippen LogP contribution in [-0.4, -0.2) is 30.1 Å². The number of rotatable bonds is 4. The smallest absolute Gasteiger partial charge is 0.354 e. The summed E-state index contributed by atoms with van der Waals surface area (Å²) in [5, 5.41) is 2.21. The Bertz CT molecular complexity index is 3680. The van der Waals surface area contributed by atoms with Crippen molar-refractivity contribution in [2.45, 2.75) is 222 Å². The highest BCUT2D eigenvalue weighted by Gasteiger charge is 2.65. The molecule has 0 aliphatic carbocycles. The number of H-pyrrole nitrogens is 1. The van der Waals surface area contributed by atoms with Gasteiger partial charge in [-0.2, -0.15) is 0 Å². The SMILES string of the molecule is CC(C)(C)c1cc(C2=C3C=CC4=[N+]3C3(C)n5c2ccc5C(c2cc(C(C)(C)C)cc(C(C)(C)C)c2)=C2C=CC(=[N+]23)C(c2cc(C(C)(C)C)cc(C(C)(C)C)c2)=c2ccc([nH]2)=C4c2cc(C(C)(C)C)cc(C(C)(C)C)c2)cc(C(C)(C)C)c1. The van der Waals surface area contributed by atoms with Crippen LogP contribution >= 0.6 is 0 Å². The number of hydrogen-bond donors (Lipinski definition) is 1. The molecule has 2 bridgehead atoms. The van der Waals surface area contributed by atoms with Crippen molar-refractivity contribution in [3.8, 4) is 0 Å². The molecule has 0 atom stereocenters. The molecule has 0 unspecified atom stereocenters. The standard InChI is InChI=1S/C78H95N4/c1-70(2,3)50-34-46(35-51(42-50)71(4,5)6)66-58-26-27-59(79-58)67(47-36-52(72(7,8)9)43-53(37-47)73(10,11)12)61-29-31-63-69(49-40-56(76(19,20)21)45-57(41-49)77(22,23)24)65-33-32-64-68(48-38-54(74(13,14)15)44-55(39-48)75(16,17)18)62-30-28-60(66)80(62)78(25,81(61)63)82(64)65/h26-45H,1-25H3/q+1/p+1. The maximum Gasteiger partial charge on any atom is 0.451 e. The average molecular weight is 1090 g/mol. The van der Waals surface area contributed by atoms with Gasteiger partial charge in [0, 0.05) is 24.3 Å². The Labute approximate surface area is 493 Å². The molecule has 1 N–H and O–H groups in total. The van der Waals surface area contributed by atoms with E-state index in [0.717, 1.165) is 10.7 Å². The Kier molecular flexibility index (Phi) is 12.6. The summed E-state index contributed by atoms with van der Waals surface area (Å²) in [4.78, 5) is 4.27. The molecule has 5 aliphatic heterocycles.